The molecule has 1 aromatic rings. The molecule has 0 saturated heterocycles. The normalized spacial score (nSPS) is 11.6. The van der Waals surface area contributed by atoms with Crippen LogP contribution in [0.2, 0.25) is 0 Å². The number of aryl methyl sites for hydroxylation is 1. The molecule has 1 aromatic heterocycles. The van der Waals surface area contributed by atoms with E-state index in [-0.39, 0.29) is 5.91 Å². The molecular weight excluding hydrogens is 258 g/mol. The van der Waals surface area contributed by atoms with Crippen molar-refractivity contribution in [1.29, 1.82) is 0 Å². The van der Waals surface area contributed by atoms with Gasteiger partial charge < -0.3 is 0 Å². The average molecular weight is 283 g/mol. The van der Waals surface area contributed by atoms with Crippen molar-refractivity contribution in [3.05, 3.63) is 21.4 Å². The number of nitrogens with one attached hydrogen (secondary N) is 1. The Kier molecular flexibility index (Phi) is 5.97. The molecule has 108 valence electrons. The van der Waals surface area contributed by atoms with Crippen LogP contribution in [0.15, 0.2) is 6.07 Å². The van der Waals surface area contributed by atoms with Crippen LogP contribution in [0, 0.1) is 12.8 Å². The predicted octanol–water partition coefficient (Wildman–Crippen LogP) is 2.53. The summed E-state index contributed by atoms with van der Waals surface area (Å²) in [6.07, 6.45) is 0. The van der Waals surface area contributed by atoms with Gasteiger partial charge >= 0.3 is 0 Å². The van der Waals surface area contributed by atoms with Crippen LogP contribution in [-0.2, 0) is 6.54 Å². The molecule has 0 unspecified atom stereocenters. The van der Waals surface area contributed by atoms with Gasteiger partial charge in [-0.05, 0) is 38.3 Å². The van der Waals surface area contributed by atoms with Gasteiger partial charge in [-0.1, -0.05) is 13.8 Å². The first-order valence-electron chi connectivity index (χ1n) is 6.69. The maximum Gasteiger partial charge on any atom is 0.275 e. The molecule has 4 nitrogen and oxygen atoms in total. The molecule has 0 aromatic carbocycles. The summed E-state index contributed by atoms with van der Waals surface area (Å²) in [7, 11) is 0. The van der Waals surface area contributed by atoms with Gasteiger partial charge in [0.25, 0.3) is 5.91 Å². The SMILES string of the molecule is Cc1sc(C(=O)NN)cc1CN(CC(C)C)C(C)C. The number of amides is 1. The lowest BCUT2D eigenvalue weighted by atomic mass is 10.1. The quantitative estimate of drug-likeness (QED) is 0.479. The summed E-state index contributed by atoms with van der Waals surface area (Å²) in [5.74, 6) is 5.60. The van der Waals surface area contributed by atoms with E-state index in [2.05, 4.69) is 44.9 Å². The fourth-order valence-electron chi connectivity index (χ4n) is 2.01. The molecule has 0 aliphatic heterocycles. The van der Waals surface area contributed by atoms with Gasteiger partial charge in [0, 0.05) is 24.0 Å². The molecule has 1 heterocycles. The molecule has 1 amide bonds. The molecule has 0 aliphatic carbocycles. The Bertz CT molecular complexity index is 426. The van der Waals surface area contributed by atoms with Crippen LogP contribution < -0.4 is 11.3 Å². The number of carbonyl (C=O) groups excluding carboxylic acids is 1. The zero-order chi connectivity index (χ0) is 14.6. The third-order valence-electron chi connectivity index (χ3n) is 3.08. The average Bonchev–Trinajstić information content (AvgIpc) is 2.68. The summed E-state index contributed by atoms with van der Waals surface area (Å²) in [5.41, 5.74) is 3.41. The second kappa shape index (κ2) is 7.03. The van der Waals surface area contributed by atoms with Gasteiger partial charge in [-0.15, -0.1) is 11.3 Å². The van der Waals surface area contributed by atoms with E-state index < -0.39 is 0 Å². The van der Waals surface area contributed by atoms with Crippen molar-refractivity contribution in [2.75, 3.05) is 6.54 Å². The van der Waals surface area contributed by atoms with Crippen molar-refractivity contribution in [1.82, 2.24) is 10.3 Å². The second-order valence-corrected chi connectivity index (χ2v) is 6.84. The Labute approximate surface area is 120 Å². The number of nitrogen functional groups attached to an aromatic ring is 1. The third-order valence-corrected chi connectivity index (χ3v) is 4.17. The van der Waals surface area contributed by atoms with Gasteiger partial charge in [0.15, 0.2) is 0 Å². The van der Waals surface area contributed by atoms with Crippen LogP contribution in [0.4, 0.5) is 0 Å². The minimum Gasteiger partial charge on any atom is -0.296 e. The Morgan fingerprint density at radius 3 is 2.53 bits per heavy atom. The lowest BCUT2D eigenvalue weighted by Gasteiger charge is -2.28. The van der Waals surface area contributed by atoms with Crippen LogP contribution in [0.1, 0.15) is 47.8 Å². The molecule has 0 atom stereocenters. The molecule has 0 fully saturated rings. The van der Waals surface area contributed by atoms with E-state index in [4.69, 9.17) is 5.84 Å². The fourth-order valence-corrected chi connectivity index (χ4v) is 2.94. The summed E-state index contributed by atoms with van der Waals surface area (Å²) in [5, 5.41) is 0. The van der Waals surface area contributed by atoms with Crippen LogP contribution in [-0.4, -0.2) is 23.4 Å². The second-order valence-electron chi connectivity index (χ2n) is 5.58. The summed E-state index contributed by atoms with van der Waals surface area (Å²) in [4.78, 5) is 15.8. The Morgan fingerprint density at radius 1 is 1.42 bits per heavy atom. The van der Waals surface area contributed by atoms with E-state index in [1.54, 1.807) is 0 Å². The van der Waals surface area contributed by atoms with Crippen molar-refractivity contribution >= 4 is 17.2 Å². The summed E-state index contributed by atoms with van der Waals surface area (Å²) >= 11 is 1.50. The first-order chi connectivity index (χ1) is 8.85. The minimum atomic E-state index is -0.209. The first kappa shape index (κ1) is 16.1. The highest BCUT2D eigenvalue weighted by Gasteiger charge is 2.16. The predicted molar refractivity (Wildman–Crippen MR) is 81.1 cm³/mol. The van der Waals surface area contributed by atoms with E-state index in [1.165, 1.54) is 21.8 Å². The zero-order valence-electron chi connectivity index (χ0n) is 12.5. The lowest BCUT2D eigenvalue weighted by molar-refractivity contribution is 0.0957. The molecule has 0 saturated carbocycles. The molecule has 19 heavy (non-hydrogen) atoms. The van der Waals surface area contributed by atoms with E-state index in [1.807, 2.05) is 6.07 Å². The van der Waals surface area contributed by atoms with Crippen LogP contribution in [0.25, 0.3) is 0 Å². The Hall–Kier alpha value is -0.910. The Morgan fingerprint density at radius 2 is 2.05 bits per heavy atom. The number of hydrazine groups is 1. The number of thiophene rings is 1. The van der Waals surface area contributed by atoms with Crippen molar-refractivity contribution in [3.63, 3.8) is 0 Å². The van der Waals surface area contributed by atoms with Gasteiger partial charge in [0.05, 0.1) is 4.88 Å². The standard InChI is InChI=1S/C14H25N3OS/c1-9(2)7-17(10(3)4)8-12-6-13(14(18)16-15)19-11(12)5/h6,9-10H,7-8,15H2,1-5H3,(H,16,18). The van der Waals surface area contributed by atoms with Gasteiger partial charge in [-0.25, -0.2) is 5.84 Å². The summed E-state index contributed by atoms with van der Waals surface area (Å²) in [6.45, 7) is 12.9. The van der Waals surface area contributed by atoms with Gasteiger partial charge in [0.1, 0.15) is 0 Å². The lowest BCUT2D eigenvalue weighted by Crippen LogP contribution is -2.33. The van der Waals surface area contributed by atoms with Gasteiger partial charge in [-0.2, -0.15) is 0 Å². The summed E-state index contributed by atoms with van der Waals surface area (Å²) < 4.78 is 0. The molecule has 0 radical (unpaired) electrons. The van der Waals surface area contributed by atoms with Crippen LogP contribution >= 0.6 is 11.3 Å². The van der Waals surface area contributed by atoms with Crippen LogP contribution in [0.3, 0.4) is 0 Å². The number of nitrogens with two attached hydrogens (primary N) is 1. The highest BCUT2D eigenvalue weighted by atomic mass is 32.1. The third kappa shape index (κ3) is 4.60. The Balaban J connectivity index is 2.84. The number of rotatable bonds is 6. The highest BCUT2D eigenvalue weighted by Crippen LogP contribution is 2.24. The molecule has 0 bridgehead atoms. The molecular formula is C14H25N3OS. The molecule has 1 rings (SSSR count). The van der Waals surface area contributed by atoms with E-state index in [0.717, 1.165) is 13.1 Å². The maximum atomic E-state index is 11.5. The molecule has 0 spiro atoms. The summed E-state index contributed by atoms with van der Waals surface area (Å²) in [6, 6.07) is 2.45. The first-order valence-corrected chi connectivity index (χ1v) is 7.51. The molecule has 5 heteroatoms. The van der Waals surface area contributed by atoms with Crippen molar-refractivity contribution in [3.8, 4) is 0 Å². The van der Waals surface area contributed by atoms with E-state index >= 15 is 0 Å². The largest absolute Gasteiger partial charge is 0.296 e. The van der Waals surface area contributed by atoms with Gasteiger partial charge in [-0.3, -0.25) is 15.1 Å². The fraction of sp³-hybridized carbons (Fsp3) is 0.643. The van der Waals surface area contributed by atoms with Crippen LogP contribution in [0.5, 0.6) is 0 Å². The van der Waals surface area contributed by atoms with Crippen molar-refractivity contribution < 1.29 is 4.79 Å². The highest BCUT2D eigenvalue weighted by molar-refractivity contribution is 7.14. The molecule has 0 aliphatic rings. The number of nitrogens with zero attached hydrogens (tertiary/aromatic N) is 1. The molecule has 3 N–H and O–H groups in total. The minimum absolute atomic E-state index is 0.209. The zero-order valence-corrected chi connectivity index (χ0v) is 13.3. The van der Waals surface area contributed by atoms with E-state index in [9.17, 15) is 4.79 Å². The number of hydrogen-bond acceptors (Lipinski definition) is 4. The number of carbonyl (C=O) groups is 1. The monoisotopic (exact) mass is 283 g/mol. The number of hydrogen-bond donors (Lipinski definition) is 2. The maximum absolute atomic E-state index is 11.5. The topological polar surface area (TPSA) is 58.4 Å². The van der Waals surface area contributed by atoms with Crippen molar-refractivity contribution in [2.45, 2.75) is 47.2 Å². The smallest absolute Gasteiger partial charge is 0.275 e. The van der Waals surface area contributed by atoms with Crippen molar-refractivity contribution in [2.24, 2.45) is 11.8 Å². The van der Waals surface area contributed by atoms with Gasteiger partial charge in [0.2, 0.25) is 0 Å². The van der Waals surface area contributed by atoms with E-state index in [0.29, 0.717) is 16.8 Å².